The maximum atomic E-state index is 12.4. The van der Waals surface area contributed by atoms with E-state index in [9.17, 15) is 14.4 Å². The van der Waals surface area contributed by atoms with Crippen LogP contribution in [0.1, 0.15) is 162 Å². The molecule has 0 saturated carbocycles. The number of nitrogens with one attached hydrogen (secondary N) is 1. The number of amides is 1. The van der Waals surface area contributed by atoms with Crippen LogP contribution in [0.5, 0.6) is 0 Å². The first-order valence-electron chi connectivity index (χ1n) is 15.5. The minimum absolute atomic E-state index is 0.271. The quantitative estimate of drug-likeness (QED) is 0.0830. The molecule has 0 aromatic heterocycles. The van der Waals surface area contributed by atoms with Gasteiger partial charge in [0.1, 0.15) is 6.04 Å². The summed E-state index contributed by atoms with van der Waals surface area (Å²) < 4.78 is 5.28. The van der Waals surface area contributed by atoms with Gasteiger partial charge in [0.15, 0.2) is 0 Å². The zero-order chi connectivity index (χ0) is 27.6. The molecular weight excluding hydrogens is 466 g/mol. The number of carboxylic acids is 1. The molecule has 0 aliphatic carbocycles. The Kier molecular flexibility index (Phi) is 24.9. The Bertz CT molecular complexity index is 564. The van der Waals surface area contributed by atoms with Gasteiger partial charge in [-0.15, -0.1) is 0 Å². The van der Waals surface area contributed by atoms with Crippen molar-refractivity contribution in [1.29, 1.82) is 0 Å². The average molecular weight is 526 g/mol. The third-order valence-corrected chi connectivity index (χ3v) is 6.93. The topological polar surface area (TPSA) is 92.7 Å². The lowest BCUT2D eigenvalue weighted by Crippen LogP contribution is -2.43. The highest BCUT2D eigenvalue weighted by molar-refractivity contribution is 5.87. The normalized spacial score (nSPS) is 12.0. The van der Waals surface area contributed by atoms with Crippen molar-refractivity contribution >= 4 is 17.8 Å². The Hall–Kier alpha value is -1.59. The molecule has 218 valence electrons. The third-order valence-electron chi connectivity index (χ3n) is 6.93. The Morgan fingerprint density at radius 2 is 1.14 bits per heavy atom. The predicted molar refractivity (Wildman–Crippen MR) is 153 cm³/mol. The molecule has 0 radical (unpaired) electrons. The lowest BCUT2D eigenvalue weighted by Gasteiger charge is -2.16. The standard InChI is InChI=1S/C31H59NO5/c1-4-5-6-7-8-9-10-11-15-18-21-24-29(33)32-28(26-30(34)35)31(36)37-25-22-19-16-13-12-14-17-20-23-27(2)3/h27-28H,4-26H2,1-3H3,(H,32,33)(H,34,35)/t28-/m0/s1. The summed E-state index contributed by atoms with van der Waals surface area (Å²) >= 11 is 0. The molecule has 2 N–H and O–H groups in total. The molecule has 0 bridgehead atoms. The average Bonchev–Trinajstić information content (AvgIpc) is 2.84. The van der Waals surface area contributed by atoms with Crippen LogP contribution in [0.4, 0.5) is 0 Å². The monoisotopic (exact) mass is 525 g/mol. The molecule has 0 aliphatic rings. The molecule has 6 heteroatoms. The number of rotatable bonds is 27. The van der Waals surface area contributed by atoms with Crippen LogP contribution >= 0.6 is 0 Å². The van der Waals surface area contributed by atoms with Crippen LogP contribution in [0, 0.1) is 5.92 Å². The summed E-state index contributed by atoms with van der Waals surface area (Å²) in [6.07, 6.45) is 23.7. The second-order valence-electron chi connectivity index (χ2n) is 11.2. The van der Waals surface area contributed by atoms with Crippen molar-refractivity contribution in [2.45, 2.75) is 168 Å². The van der Waals surface area contributed by atoms with Crippen molar-refractivity contribution < 1.29 is 24.2 Å². The molecule has 1 atom stereocenters. The Balaban J connectivity index is 3.86. The van der Waals surface area contributed by atoms with E-state index in [4.69, 9.17) is 9.84 Å². The number of esters is 1. The van der Waals surface area contributed by atoms with Gasteiger partial charge in [-0.1, -0.05) is 136 Å². The molecule has 0 spiro atoms. The lowest BCUT2D eigenvalue weighted by atomic mass is 10.0. The van der Waals surface area contributed by atoms with E-state index in [0.717, 1.165) is 44.4 Å². The second kappa shape index (κ2) is 26.0. The number of hydrogen-bond acceptors (Lipinski definition) is 4. The fourth-order valence-electron chi connectivity index (χ4n) is 4.57. The van der Waals surface area contributed by atoms with Gasteiger partial charge in [-0.2, -0.15) is 0 Å². The van der Waals surface area contributed by atoms with Crippen LogP contribution in [0.15, 0.2) is 0 Å². The molecule has 0 saturated heterocycles. The molecule has 1 amide bonds. The molecule has 0 rings (SSSR count). The van der Waals surface area contributed by atoms with Crippen molar-refractivity contribution in [3.05, 3.63) is 0 Å². The molecule has 0 fully saturated rings. The van der Waals surface area contributed by atoms with E-state index in [0.29, 0.717) is 6.42 Å². The molecule has 37 heavy (non-hydrogen) atoms. The van der Waals surface area contributed by atoms with Gasteiger partial charge in [0.2, 0.25) is 5.91 Å². The first-order chi connectivity index (χ1) is 17.9. The van der Waals surface area contributed by atoms with Gasteiger partial charge in [0.25, 0.3) is 0 Å². The van der Waals surface area contributed by atoms with Gasteiger partial charge in [-0.25, -0.2) is 4.79 Å². The van der Waals surface area contributed by atoms with Crippen LogP contribution in [0.25, 0.3) is 0 Å². The summed E-state index contributed by atoms with van der Waals surface area (Å²) in [4.78, 5) is 35.8. The molecule has 0 aromatic rings. The van der Waals surface area contributed by atoms with Gasteiger partial charge in [-0.3, -0.25) is 9.59 Å². The van der Waals surface area contributed by atoms with E-state index in [1.807, 2.05) is 0 Å². The van der Waals surface area contributed by atoms with Crippen molar-refractivity contribution in [2.75, 3.05) is 6.61 Å². The SMILES string of the molecule is CCCCCCCCCCCCCC(=O)N[C@@H](CC(=O)O)C(=O)OCCCCCCCCCCC(C)C. The number of carbonyl (C=O) groups excluding carboxylic acids is 2. The lowest BCUT2D eigenvalue weighted by molar-refractivity contribution is -0.151. The number of carboxylic acid groups (broad SMARTS) is 1. The first-order valence-corrected chi connectivity index (χ1v) is 15.5. The molecule has 6 nitrogen and oxygen atoms in total. The van der Waals surface area contributed by atoms with Gasteiger partial charge in [0, 0.05) is 6.42 Å². The zero-order valence-corrected chi connectivity index (χ0v) is 24.5. The van der Waals surface area contributed by atoms with Gasteiger partial charge < -0.3 is 15.2 Å². The van der Waals surface area contributed by atoms with Crippen molar-refractivity contribution in [2.24, 2.45) is 5.92 Å². The van der Waals surface area contributed by atoms with Gasteiger partial charge in [-0.05, 0) is 18.8 Å². The van der Waals surface area contributed by atoms with E-state index in [1.165, 1.54) is 89.9 Å². The fourth-order valence-corrected chi connectivity index (χ4v) is 4.57. The minimum Gasteiger partial charge on any atom is -0.481 e. The smallest absolute Gasteiger partial charge is 0.329 e. The van der Waals surface area contributed by atoms with E-state index < -0.39 is 24.4 Å². The Labute approximate surface area is 228 Å². The molecule has 0 unspecified atom stereocenters. The largest absolute Gasteiger partial charge is 0.481 e. The maximum absolute atomic E-state index is 12.4. The summed E-state index contributed by atoms with van der Waals surface area (Å²) in [5, 5.41) is 11.7. The van der Waals surface area contributed by atoms with E-state index >= 15 is 0 Å². The predicted octanol–water partition coefficient (Wildman–Crippen LogP) is 8.36. The first kappa shape index (κ1) is 35.4. The highest BCUT2D eigenvalue weighted by Crippen LogP contribution is 2.14. The summed E-state index contributed by atoms with van der Waals surface area (Å²) in [5.41, 5.74) is 0. The van der Waals surface area contributed by atoms with Crippen LogP contribution in [-0.2, 0) is 19.1 Å². The summed E-state index contributed by atoms with van der Waals surface area (Å²) in [6.45, 7) is 7.05. The van der Waals surface area contributed by atoms with Crippen LogP contribution in [0.3, 0.4) is 0 Å². The molecular formula is C31H59NO5. The number of unbranched alkanes of at least 4 members (excludes halogenated alkanes) is 17. The fraction of sp³-hybridized carbons (Fsp3) is 0.903. The van der Waals surface area contributed by atoms with Crippen molar-refractivity contribution in [1.82, 2.24) is 5.32 Å². The zero-order valence-electron chi connectivity index (χ0n) is 24.5. The molecule has 0 heterocycles. The third kappa shape index (κ3) is 25.8. The number of ether oxygens (including phenoxy) is 1. The van der Waals surface area contributed by atoms with Gasteiger partial charge >= 0.3 is 11.9 Å². The Morgan fingerprint density at radius 1 is 0.676 bits per heavy atom. The van der Waals surface area contributed by atoms with Gasteiger partial charge in [0.05, 0.1) is 13.0 Å². The highest BCUT2D eigenvalue weighted by Gasteiger charge is 2.24. The van der Waals surface area contributed by atoms with Crippen molar-refractivity contribution in [3.8, 4) is 0 Å². The number of carbonyl (C=O) groups is 3. The van der Waals surface area contributed by atoms with E-state index in [2.05, 4.69) is 26.1 Å². The van der Waals surface area contributed by atoms with E-state index in [1.54, 1.807) is 0 Å². The second-order valence-corrected chi connectivity index (χ2v) is 11.2. The summed E-state index contributed by atoms with van der Waals surface area (Å²) in [5.74, 6) is -1.24. The Morgan fingerprint density at radius 3 is 1.62 bits per heavy atom. The maximum Gasteiger partial charge on any atom is 0.329 e. The number of hydrogen-bond donors (Lipinski definition) is 2. The van der Waals surface area contributed by atoms with Crippen LogP contribution in [0.2, 0.25) is 0 Å². The van der Waals surface area contributed by atoms with E-state index in [-0.39, 0.29) is 12.5 Å². The van der Waals surface area contributed by atoms with Crippen LogP contribution in [-0.4, -0.2) is 35.6 Å². The minimum atomic E-state index is -1.12. The van der Waals surface area contributed by atoms with Crippen molar-refractivity contribution in [3.63, 3.8) is 0 Å². The summed E-state index contributed by atoms with van der Waals surface area (Å²) in [6, 6.07) is -1.11. The molecule has 0 aliphatic heterocycles. The number of aliphatic carboxylic acids is 1. The summed E-state index contributed by atoms with van der Waals surface area (Å²) in [7, 11) is 0. The molecule has 0 aromatic carbocycles. The van der Waals surface area contributed by atoms with Crippen LogP contribution < -0.4 is 5.32 Å². The highest BCUT2D eigenvalue weighted by atomic mass is 16.5.